The standard InChI is InChI=1S/C16H28N2O5S/c1-16(2,3)23-15(20)18-8-5-12(6-9-18)14(19)17(4)13-7-10-24(21,22)11-13/h12-13H,5-11H2,1-4H3. The van der Waals surface area contributed by atoms with Crippen LogP contribution in [0.25, 0.3) is 0 Å². The molecule has 2 fully saturated rings. The van der Waals surface area contributed by atoms with Crippen molar-refractivity contribution >= 4 is 21.8 Å². The normalized spacial score (nSPS) is 24.7. The first-order chi connectivity index (χ1) is 11.0. The Hall–Kier alpha value is -1.31. The van der Waals surface area contributed by atoms with Gasteiger partial charge in [-0.1, -0.05) is 0 Å². The van der Waals surface area contributed by atoms with E-state index in [0.29, 0.717) is 32.4 Å². The molecule has 2 rings (SSSR count). The summed E-state index contributed by atoms with van der Waals surface area (Å²) in [5, 5.41) is 0. The zero-order chi connectivity index (χ0) is 18.1. The van der Waals surface area contributed by atoms with Crippen LogP contribution in [0.5, 0.6) is 0 Å². The molecule has 1 unspecified atom stereocenters. The van der Waals surface area contributed by atoms with Crippen molar-refractivity contribution in [3.8, 4) is 0 Å². The van der Waals surface area contributed by atoms with Crippen molar-refractivity contribution in [1.29, 1.82) is 0 Å². The molecule has 0 N–H and O–H groups in total. The summed E-state index contributed by atoms with van der Waals surface area (Å²) in [4.78, 5) is 27.9. The number of sulfone groups is 1. The Morgan fingerprint density at radius 1 is 1.12 bits per heavy atom. The van der Waals surface area contributed by atoms with E-state index in [1.807, 2.05) is 20.8 Å². The highest BCUT2D eigenvalue weighted by Crippen LogP contribution is 2.24. The van der Waals surface area contributed by atoms with Gasteiger partial charge in [-0.2, -0.15) is 0 Å². The van der Waals surface area contributed by atoms with E-state index in [1.54, 1.807) is 16.8 Å². The Kier molecular flexibility index (Phi) is 5.47. The number of likely N-dealkylation sites (tertiary alicyclic amines) is 1. The van der Waals surface area contributed by atoms with Crippen LogP contribution in [0.3, 0.4) is 0 Å². The van der Waals surface area contributed by atoms with E-state index in [4.69, 9.17) is 4.74 Å². The van der Waals surface area contributed by atoms with Gasteiger partial charge in [-0.25, -0.2) is 13.2 Å². The molecule has 7 nitrogen and oxygen atoms in total. The molecule has 0 aromatic carbocycles. The fourth-order valence-electron chi connectivity index (χ4n) is 3.18. The molecule has 2 aliphatic heterocycles. The van der Waals surface area contributed by atoms with Gasteiger partial charge in [-0.15, -0.1) is 0 Å². The predicted molar refractivity (Wildman–Crippen MR) is 90.4 cm³/mol. The molecule has 2 aliphatic rings. The number of amides is 2. The number of carbonyl (C=O) groups excluding carboxylic acids is 2. The summed E-state index contributed by atoms with van der Waals surface area (Å²) in [6.07, 6.45) is 1.34. The second-order valence-corrected chi connectivity index (χ2v) is 9.98. The van der Waals surface area contributed by atoms with E-state index in [0.717, 1.165) is 0 Å². The highest BCUT2D eigenvalue weighted by atomic mass is 32.2. The summed E-state index contributed by atoms with van der Waals surface area (Å²) in [5.41, 5.74) is -0.530. The minimum absolute atomic E-state index is 0.0130. The minimum Gasteiger partial charge on any atom is -0.444 e. The molecule has 8 heteroatoms. The van der Waals surface area contributed by atoms with Crippen molar-refractivity contribution in [3.05, 3.63) is 0 Å². The summed E-state index contributed by atoms with van der Waals surface area (Å²) in [6, 6.07) is -0.216. The van der Waals surface area contributed by atoms with Gasteiger partial charge in [0, 0.05) is 32.1 Å². The van der Waals surface area contributed by atoms with Crippen LogP contribution in [-0.2, 0) is 19.4 Å². The highest BCUT2D eigenvalue weighted by molar-refractivity contribution is 7.91. The third kappa shape index (κ3) is 4.84. The molecule has 2 saturated heterocycles. The van der Waals surface area contributed by atoms with Crippen molar-refractivity contribution in [2.75, 3.05) is 31.6 Å². The molecule has 0 radical (unpaired) electrons. The van der Waals surface area contributed by atoms with Crippen molar-refractivity contribution in [2.45, 2.75) is 51.7 Å². The van der Waals surface area contributed by atoms with Gasteiger partial charge in [0.15, 0.2) is 9.84 Å². The second-order valence-electron chi connectivity index (χ2n) is 7.75. The predicted octanol–water partition coefficient (Wildman–Crippen LogP) is 1.28. The van der Waals surface area contributed by atoms with Gasteiger partial charge >= 0.3 is 6.09 Å². The van der Waals surface area contributed by atoms with Crippen molar-refractivity contribution in [2.24, 2.45) is 5.92 Å². The number of piperidine rings is 1. The van der Waals surface area contributed by atoms with Gasteiger partial charge in [-0.3, -0.25) is 4.79 Å². The Balaban J connectivity index is 1.85. The van der Waals surface area contributed by atoms with Crippen LogP contribution < -0.4 is 0 Å². The van der Waals surface area contributed by atoms with E-state index in [-0.39, 0.29) is 35.5 Å². The maximum atomic E-state index is 12.6. The molecule has 138 valence electrons. The first-order valence-electron chi connectivity index (χ1n) is 8.43. The lowest BCUT2D eigenvalue weighted by molar-refractivity contribution is -0.137. The Morgan fingerprint density at radius 3 is 2.17 bits per heavy atom. The van der Waals surface area contributed by atoms with Gasteiger partial charge < -0.3 is 14.5 Å². The van der Waals surface area contributed by atoms with Crippen LogP contribution in [0.15, 0.2) is 0 Å². The van der Waals surface area contributed by atoms with Crippen LogP contribution in [-0.4, -0.2) is 73.5 Å². The summed E-state index contributed by atoms with van der Waals surface area (Å²) in [5.74, 6) is 0.0520. The van der Waals surface area contributed by atoms with E-state index in [9.17, 15) is 18.0 Å². The molecule has 0 bridgehead atoms. The molecular weight excluding hydrogens is 332 g/mol. The van der Waals surface area contributed by atoms with Crippen LogP contribution in [0.1, 0.15) is 40.0 Å². The lowest BCUT2D eigenvalue weighted by Crippen LogP contribution is -2.47. The lowest BCUT2D eigenvalue weighted by atomic mass is 9.95. The Labute approximate surface area is 144 Å². The van der Waals surface area contributed by atoms with Gasteiger partial charge in [0.25, 0.3) is 0 Å². The van der Waals surface area contributed by atoms with Crippen LogP contribution in [0.2, 0.25) is 0 Å². The average molecular weight is 360 g/mol. The number of ether oxygens (including phenoxy) is 1. The van der Waals surface area contributed by atoms with Gasteiger partial charge in [0.2, 0.25) is 5.91 Å². The van der Waals surface area contributed by atoms with E-state index >= 15 is 0 Å². The van der Waals surface area contributed by atoms with Gasteiger partial charge in [0.1, 0.15) is 5.60 Å². The first-order valence-corrected chi connectivity index (χ1v) is 10.3. The molecule has 0 aliphatic carbocycles. The van der Waals surface area contributed by atoms with Crippen LogP contribution in [0, 0.1) is 5.92 Å². The third-order valence-electron chi connectivity index (χ3n) is 4.60. The maximum absolute atomic E-state index is 12.6. The molecule has 1 atom stereocenters. The van der Waals surface area contributed by atoms with E-state index < -0.39 is 15.4 Å². The summed E-state index contributed by atoms with van der Waals surface area (Å²) >= 11 is 0. The maximum Gasteiger partial charge on any atom is 0.410 e. The largest absolute Gasteiger partial charge is 0.444 e. The molecular formula is C16H28N2O5S. The molecule has 2 amide bonds. The van der Waals surface area contributed by atoms with Crippen LogP contribution >= 0.6 is 0 Å². The highest BCUT2D eigenvalue weighted by Gasteiger charge is 2.36. The molecule has 0 saturated carbocycles. The van der Waals surface area contributed by atoms with E-state index in [2.05, 4.69) is 0 Å². The number of hydrogen-bond acceptors (Lipinski definition) is 5. The molecule has 2 heterocycles. The molecule has 0 aromatic heterocycles. The number of rotatable bonds is 2. The zero-order valence-electron chi connectivity index (χ0n) is 14.9. The van der Waals surface area contributed by atoms with Gasteiger partial charge in [0.05, 0.1) is 11.5 Å². The zero-order valence-corrected chi connectivity index (χ0v) is 15.8. The first kappa shape index (κ1) is 19.0. The second kappa shape index (κ2) is 6.90. The number of nitrogens with zero attached hydrogens (tertiary/aromatic N) is 2. The fraction of sp³-hybridized carbons (Fsp3) is 0.875. The van der Waals surface area contributed by atoms with Crippen molar-refractivity contribution < 1.29 is 22.7 Å². The molecule has 0 aromatic rings. The SMILES string of the molecule is CN(C(=O)C1CCN(C(=O)OC(C)(C)C)CC1)C1CCS(=O)(=O)C1. The van der Waals surface area contributed by atoms with Gasteiger partial charge in [-0.05, 0) is 40.0 Å². The molecule has 0 spiro atoms. The third-order valence-corrected chi connectivity index (χ3v) is 6.35. The van der Waals surface area contributed by atoms with Crippen molar-refractivity contribution in [3.63, 3.8) is 0 Å². The Bertz CT molecular complexity index is 588. The summed E-state index contributed by atoms with van der Waals surface area (Å²) in [7, 11) is -1.32. The monoisotopic (exact) mass is 360 g/mol. The minimum atomic E-state index is -3.01. The topological polar surface area (TPSA) is 84.0 Å². The number of carbonyl (C=O) groups is 2. The smallest absolute Gasteiger partial charge is 0.410 e. The van der Waals surface area contributed by atoms with Crippen LogP contribution in [0.4, 0.5) is 4.79 Å². The lowest BCUT2D eigenvalue weighted by Gasteiger charge is -2.35. The Morgan fingerprint density at radius 2 is 1.71 bits per heavy atom. The van der Waals surface area contributed by atoms with Crippen molar-refractivity contribution in [1.82, 2.24) is 9.80 Å². The quantitative estimate of drug-likeness (QED) is 0.741. The van der Waals surface area contributed by atoms with E-state index in [1.165, 1.54) is 0 Å². The summed E-state index contributed by atoms with van der Waals surface area (Å²) in [6.45, 7) is 6.45. The summed E-state index contributed by atoms with van der Waals surface area (Å²) < 4.78 is 28.5. The average Bonchev–Trinajstić information content (AvgIpc) is 2.84. The fourth-order valence-corrected chi connectivity index (χ4v) is 4.96. The number of hydrogen-bond donors (Lipinski definition) is 0. The molecule has 24 heavy (non-hydrogen) atoms.